The Labute approximate surface area is 228 Å². The molecule has 1 N–H and O–H groups in total. The molecule has 2 aromatic carbocycles. The summed E-state index contributed by atoms with van der Waals surface area (Å²) in [4.78, 5) is 18.5. The average molecular weight is 552 g/mol. The largest absolute Gasteiger partial charge is 0.487 e. The van der Waals surface area contributed by atoms with Crippen LogP contribution < -0.4 is 4.74 Å². The van der Waals surface area contributed by atoms with Crippen molar-refractivity contribution < 1.29 is 27.4 Å². The smallest absolute Gasteiger partial charge is 0.272 e. The SMILES string of the molecule is C[C@@H]1CN([C@H](C)CO)S(=O)(=O)c2ccc(C#Cc3ccc(F)cc3)cc2O[C@@H]1CN(C)C(=O)c1ccccn1. The number of likely N-dealkylation sites (N-methyl/N-ethyl adjacent to an activating group) is 1. The van der Waals surface area contributed by atoms with Gasteiger partial charge in [0, 0.05) is 42.9 Å². The van der Waals surface area contributed by atoms with Gasteiger partial charge in [0.25, 0.3) is 5.91 Å². The zero-order valence-electron chi connectivity index (χ0n) is 21.9. The predicted octanol–water partition coefficient (Wildman–Crippen LogP) is 3.16. The summed E-state index contributed by atoms with van der Waals surface area (Å²) in [6, 6.07) is 14.7. The molecule has 3 aromatic rings. The molecule has 1 amide bonds. The van der Waals surface area contributed by atoms with Gasteiger partial charge in [-0.25, -0.2) is 12.8 Å². The summed E-state index contributed by atoms with van der Waals surface area (Å²) in [7, 11) is -2.38. The fourth-order valence-electron chi connectivity index (χ4n) is 4.24. The van der Waals surface area contributed by atoms with Crippen molar-refractivity contribution in [2.24, 2.45) is 5.92 Å². The number of sulfonamides is 1. The summed E-state index contributed by atoms with van der Waals surface area (Å²) >= 11 is 0. The topological polar surface area (TPSA) is 100 Å². The van der Waals surface area contributed by atoms with E-state index < -0.39 is 22.2 Å². The summed E-state index contributed by atoms with van der Waals surface area (Å²) in [5.74, 6) is 5.02. The van der Waals surface area contributed by atoms with Crippen LogP contribution in [0.2, 0.25) is 0 Å². The Bertz CT molecular complexity index is 1490. The van der Waals surface area contributed by atoms with Crippen LogP contribution in [0, 0.1) is 23.6 Å². The van der Waals surface area contributed by atoms with E-state index in [9.17, 15) is 22.7 Å². The molecule has 0 unspecified atom stereocenters. The molecule has 2 heterocycles. The molecular weight excluding hydrogens is 521 g/mol. The number of amides is 1. The van der Waals surface area contributed by atoms with Crippen LogP contribution in [0.1, 0.15) is 35.5 Å². The molecule has 0 saturated carbocycles. The molecule has 0 saturated heterocycles. The molecule has 3 atom stereocenters. The molecule has 4 rings (SSSR count). The van der Waals surface area contributed by atoms with Crippen molar-refractivity contribution in [3.05, 3.63) is 89.5 Å². The maximum Gasteiger partial charge on any atom is 0.272 e. The van der Waals surface area contributed by atoms with Crippen LogP contribution in [0.3, 0.4) is 0 Å². The van der Waals surface area contributed by atoms with Crippen molar-refractivity contribution in [2.75, 3.05) is 26.7 Å². The minimum Gasteiger partial charge on any atom is -0.487 e. The molecule has 0 fully saturated rings. The monoisotopic (exact) mass is 551 g/mol. The Kier molecular flexibility index (Phi) is 8.65. The van der Waals surface area contributed by atoms with Crippen molar-refractivity contribution in [2.45, 2.75) is 30.9 Å². The number of carbonyl (C=O) groups is 1. The first kappa shape index (κ1) is 28.2. The number of hydrogen-bond donors (Lipinski definition) is 1. The second kappa shape index (κ2) is 11.9. The van der Waals surface area contributed by atoms with Gasteiger partial charge in [-0.2, -0.15) is 4.31 Å². The zero-order chi connectivity index (χ0) is 28.2. The van der Waals surface area contributed by atoms with Crippen LogP contribution in [0.5, 0.6) is 5.75 Å². The number of fused-ring (bicyclic) bond motifs is 1. The first-order valence-corrected chi connectivity index (χ1v) is 13.9. The number of ether oxygens (including phenoxy) is 1. The van der Waals surface area contributed by atoms with Gasteiger partial charge < -0.3 is 14.7 Å². The number of benzene rings is 2. The van der Waals surface area contributed by atoms with Gasteiger partial charge in [-0.15, -0.1) is 0 Å². The van der Waals surface area contributed by atoms with Gasteiger partial charge in [-0.05, 0) is 61.5 Å². The van der Waals surface area contributed by atoms with Gasteiger partial charge in [0.1, 0.15) is 28.3 Å². The molecule has 0 spiro atoms. The molecule has 10 heteroatoms. The van der Waals surface area contributed by atoms with E-state index in [0.29, 0.717) is 11.1 Å². The summed E-state index contributed by atoms with van der Waals surface area (Å²) < 4.78 is 48.1. The van der Waals surface area contributed by atoms with Crippen LogP contribution in [0.25, 0.3) is 0 Å². The lowest BCUT2D eigenvalue weighted by Crippen LogP contribution is -2.50. The number of aliphatic hydroxyl groups is 1. The van der Waals surface area contributed by atoms with Crippen LogP contribution in [0.4, 0.5) is 4.39 Å². The lowest BCUT2D eigenvalue weighted by molar-refractivity contribution is 0.0559. The first-order chi connectivity index (χ1) is 18.6. The number of nitrogens with zero attached hydrogens (tertiary/aromatic N) is 3. The van der Waals surface area contributed by atoms with E-state index in [4.69, 9.17) is 4.74 Å². The normalized spacial score (nSPS) is 19.3. The van der Waals surface area contributed by atoms with Crippen LogP contribution in [-0.4, -0.2) is 72.5 Å². The molecule has 0 bridgehead atoms. The molecule has 1 aromatic heterocycles. The van der Waals surface area contributed by atoms with E-state index >= 15 is 0 Å². The standard InChI is InChI=1S/C29H30FN3O5S/c1-20-17-33(21(2)19-34)39(36,37)28-14-11-23(8-7-22-9-12-24(30)13-10-22)16-26(28)38-27(20)18-32(3)29(35)25-6-4-5-15-31-25/h4-6,9-16,20-21,27,34H,17-19H2,1-3H3/t20-,21-,27-/m1/s1. The lowest BCUT2D eigenvalue weighted by Gasteiger charge is -2.37. The summed E-state index contributed by atoms with van der Waals surface area (Å²) in [5, 5.41) is 9.83. The fraction of sp³-hybridized carbons (Fsp3) is 0.310. The summed E-state index contributed by atoms with van der Waals surface area (Å²) in [6.45, 7) is 3.39. The quantitative estimate of drug-likeness (QED) is 0.489. The molecule has 39 heavy (non-hydrogen) atoms. The second-order valence-electron chi connectivity index (χ2n) is 9.56. The van der Waals surface area contributed by atoms with Gasteiger partial charge >= 0.3 is 0 Å². The molecule has 0 radical (unpaired) electrons. The number of halogens is 1. The Hall–Kier alpha value is -3.78. The maximum absolute atomic E-state index is 13.7. The zero-order valence-corrected chi connectivity index (χ0v) is 22.7. The van der Waals surface area contributed by atoms with E-state index in [1.807, 2.05) is 6.92 Å². The molecular formula is C29H30FN3O5S. The van der Waals surface area contributed by atoms with E-state index in [1.165, 1.54) is 27.4 Å². The predicted molar refractivity (Wildman–Crippen MR) is 144 cm³/mol. The van der Waals surface area contributed by atoms with Gasteiger partial charge in [0.15, 0.2) is 0 Å². The highest BCUT2D eigenvalue weighted by Gasteiger charge is 2.38. The minimum absolute atomic E-state index is 0.0502. The number of hydrogen-bond acceptors (Lipinski definition) is 6. The highest BCUT2D eigenvalue weighted by Crippen LogP contribution is 2.34. The Morgan fingerprint density at radius 2 is 1.87 bits per heavy atom. The van der Waals surface area contributed by atoms with Crippen molar-refractivity contribution in [1.29, 1.82) is 0 Å². The third-order valence-corrected chi connectivity index (χ3v) is 8.57. The van der Waals surface area contributed by atoms with Crippen molar-refractivity contribution in [3.8, 4) is 17.6 Å². The molecule has 1 aliphatic heterocycles. The molecule has 8 nitrogen and oxygen atoms in total. The highest BCUT2D eigenvalue weighted by molar-refractivity contribution is 7.89. The van der Waals surface area contributed by atoms with Crippen molar-refractivity contribution in [3.63, 3.8) is 0 Å². The third-order valence-electron chi connectivity index (χ3n) is 6.55. The van der Waals surface area contributed by atoms with Gasteiger partial charge in [0.05, 0.1) is 13.2 Å². The molecule has 204 valence electrons. The van der Waals surface area contributed by atoms with E-state index in [0.717, 1.165) is 0 Å². The number of carbonyl (C=O) groups excluding carboxylic acids is 1. The Morgan fingerprint density at radius 1 is 1.18 bits per heavy atom. The van der Waals surface area contributed by atoms with Gasteiger partial charge in [-0.1, -0.05) is 24.8 Å². The first-order valence-electron chi connectivity index (χ1n) is 12.5. The van der Waals surface area contributed by atoms with E-state index in [-0.39, 0.29) is 53.7 Å². The van der Waals surface area contributed by atoms with E-state index in [1.54, 1.807) is 62.6 Å². The molecule has 0 aliphatic carbocycles. The Morgan fingerprint density at radius 3 is 2.54 bits per heavy atom. The van der Waals surface area contributed by atoms with Gasteiger partial charge in [-0.3, -0.25) is 9.78 Å². The summed E-state index contributed by atoms with van der Waals surface area (Å²) in [5.41, 5.74) is 1.39. The van der Waals surface area contributed by atoms with Crippen molar-refractivity contribution in [1.82, 2.24) is 14.2 Å². The third kappa shape index (κ3) is 6.45. The highest BCUT2D eigenvalue weighted by atomic mass is 32.2. The minimum atomic E-state index is -4.02. The van der Waals surface area contributed by atoms with Crippen LogP contribution in [-0.2, 0) is 10.0 Å². The number of rotatable bonds is 5. The molecule has 1 aliphatic rings. The van der Waals surface area contributed by atoms with Crippen LogP contribution in [0.15, 0.2) is 71.8 Å². The summed E-state index contributed by atoms with van der Waals surface area (Å²) in [6.07, 6.45) is 0.963. The van der Waals surface area contributed by atoms with Crippen LogP contribution >= 0.6 is 0 Å². The van der Waals surface area contributed by atoms with Crippen molar-refractivity contribution >= 4 is 15.9 Å². The maximum atomic E-state index is 13.7. The number of pyridine rings is 1. The fourth-order valence-corrected chi connectivity index (χ4v) is 6.06. The van der Waals surface area contributed by atoms with E-state index in [2.05, 4.69) is 16.8 Å². The van der Waals surface area contributed by atoms with Gasteiger partial charge in [0.2, 0.25) is 10.0 Å². The Balaban J connectivity index is 1.71. The second-order valence-corrected chi connectivity index (χ2v) is 11.4. The number of aromatic nitrogens is 1. The lowest BCUT2D eigenvalue weighted by atomic mass is 10.0. The average Bonchev–Trinajstić information content (AvgIpc) is 2.94. The number of aliphatic hydroxyl groups excluding tert-OH is 1.